The fourth-order valence-electron chi connectivity index (χ4n) is 2.55. The van der Waals surface area contributed by atoms with E-state index in [2.05, 4.69) is 11.4 Å². The maximum absolute atomic E-state index is 12.1. The summed E-state index contributed by atoms with van der Waals surface area (Å²) < 4.78 is 5.09. The van der Waals surface area contributed by atoms with Crippen molar-refractivity contribution in [2.75, 3.05) is 25.1 Å². The third-order valence-corrected chi connectivity index (χ3v) is 3.88. The number of ether oxygens (including phenoxy) is 1. The highest BCUT2D eigenvalue weighted by molar-refractivity contribution is 5.93. The number of methoxy groups -OCH3 is 1. The standard InChI is InChI=1S/C20H21N3O3/c1-15(24)23(19-6-4-3-5-17(19)14-21)12-11-22-20(25)13-16-7-9-18(26-2)10-8-16/h3-10H,11-13H2,1-2H3,(H,22,25). The van der Waals surface area contributed by atoms with E-state index in [1.165, 1.54) is 11.8 Å². The molecule has 6 heteroatoms. The number of benzene rings is 2. The molecule has 2 aromatic carbocycles. The van der Waals surface area contributed by atoms with Crippen molar-refractivity contribution in [2.24, 2.45) is 0 Å². The summed E-state index contributed by atoms with van der Waals surface area (Å²) in [7, 11) is 1.59. The zero-order valence-corrected chi connectivity index (χ0v) is 14.9. The normalized spacial score (nSPS) is 9.88. The van der Waals surface area contributed by atoms with Crippen LogP contribution in [0.1, 0.15) is 18.1 Å². The zero-order chi connectivity index (χ0) is 18.9. The second kappa shape index (κ2) is 9.23. The van der Waals surface area contributed by atoms with Gasteiger partial charge < -0.3 is 15.0 Å². The summed E-state index contributed by atoms with van der Waals surface area (Å²) in [4.78, 5) is 25.5. The molecule has 0 heterocycles. The number of anilines is 1. The lowest BCUT2D eigenvalue weighted by Gasteiger charge is -2.22. The molecule has 134 valence electrons. The number of para-hydroxylation sites is 1. The summed E-state index contributed by atoms with van der Waals surface area (Å²) in [5.74, 6) is 0.423. The molecule has 6 nitrogen and oxygen atoms in total. The van der Waals surface area contributed by atoms with Gasteiger partial charge in [-0.25, -0.2) is 0 Å². The van der Waals surface area contributed by atoms with Gasteiger partial charge in [0.2, 0.25) is 11.8 Å². The summed E-state index contributed by atoms with van der Waals surface area (Å²) in [6, 6.07) is 16.3. The number of nitrogens with one attached hydrogen (secondary N) is 1. The minimum atomic E-state index is -0.183. The van der Waals surface area contributed by atoms with Crippen molar-refractivity contribution in [1.29, 1.82) is 5.26 Å². The van der Waals surface area contributed by atoms with Gasteiger partial charge in [0.05, 0.1) is 24.8 Å². The lowest BCUT2D eigenvalue weighted by atomic mass is 10.1. The number of nitriles is 1. The van der Waals surface area contributed by atoms with Gasteiger partial charge in [0.25, 0.3) is 0 Å². The number of hydrogen-bond acceptors (Lipinski definition) is 4. The van der Waals surface area contributed by atoms with Crippen LogP contribution in [0.15, 0.2) is 48.5 Å². The average Bonchev–Trinajstić information content (AvgIpc) is 2.65. The molecule has 0 saturated carbocycles. The number of carbonyl (C=O) groups excluding carboxylic acids is 2. The highest BCUT2D eigenvalue weighted by Crippen LogP contribution is 2.19. The minimum absolute atomic E-state index is 0.132. The predicted molar refractivity (Wildman–Crippen MR) is 98.9 cm³/mol. The fourth-order valence-corrected chi connectivity index (χ4v) is 2.55. The van der Waals surface area contributed by atoms with E-state index < -0.39 is 0 Å². The Kier molecular flexibility index (Phi) is 6.75. The monoisotopic (exact) mass is 351 g/mol. The Morgan fingerprint density at radius 3 is 2.46 bits per heavy atom. The molecular formula is C20H21N3O3. The van der Waals surface area contributed by atoms with Crippen LogP contribution in [-0.2, 0) is 16.0 Å². The van der Waals surface area contributed by atoms with Crippen LogP contribution in [0.5, 0.6) is 5.75 Å². The molecule has 0 saturated heterocycles. The Balaban J connectivity index is 1.92. The Morgan fingerprint density at radius 1 is 1.15 bits per heavy atom. The number of hydrogen-bond donors (Lipinski definition) is 1. The van der Waals surface area contributed by atoms with Crippen molar-refractivity contribution in [3.63, 3.8) is 0 Å². The molecule has 0 spiro atoms. The molecule has 26 heavy (non-hydrogen) atoms. The second-order valence-electron chi connectivity index (χ2n) is 5.67. The maximum Gasteiger partial charge on any atom is 0.224 e. The lowest BCUT2D eigenvalue weighted by Crippen LogP contribution is -2.38. The molecule has 0 aromatic heterocycles. The van der Waals surface area contributed by atoms with Crippen molar-refractivity contribution in [2.45, 2.75) is 13.3 Å². The first-order valence-electron chi connectivity index (χ1n) is 8.22. The van der Waals surface area contributed by atoms with Crippen molar-refractivity contribution in [3.05, 3.63) is 59.7 Å². The van der Waals surface area contributed by atoms with Gasteiger partial charge in [-0.15, -0.1) is 0 Å². The van der Waals surface area contributed by atoms with Gasteiger partial charge in [-0.3, -0.25) is 9.59 Å². The minimum Gasteiger partial charge on any atom is -0.497 e. The number of nitrogens with zero attached hydrogens (tertiary/aromatic N) is 2. The summed E-state index contributed by atoms with van der Waals surface area (Å²) in [6.07, 6.45) is 0.249. The van der Waals surface area contributed by atoms with E-state index in [0.29, 0.717) is 24.3 Å². The number of carbonyl (C=O) groups is 2. The van der Waals surface area contributed by atoms with E-state index in [4.69, 9.17) is 4.74 Å². The van der Waals surface area contributed by atoms with Crippen molar-refractivity contribution < 1.29 is 14.3 Å². The van der Waals surface area contributed by atoms with Crippen LogP contribution >= 0.6 is 0 Å². The highest BCUT2D eigenvalue weighted by Gasteiger charge is 2.15. The Morgan fingerprint density at radius 2 is 1.85 bits per heavy atom. The quantitative estimate of drug-likeness (QED) is 0.830. The molecule has 0 bridgehead atoms. The molecule has 0 unspecified atom stereocenters. The van der Waals surface area contributed by atoms with Gasteiger partial charge >= 0.3 is 0 Å². The molecule has 0 fully saturated rings. The highest BCUT2D eigenvalue weighted by atomic mass is 16.5. The largest absolute Gasteiger partial charge is 0.497 e. The van der Waals surface area contributed by atoms with Crippen molar-refractivity contribution in [1.82, 2.24) is 5.32 Å². The Labute approximate surface area is 153 Å². The predicted octanol–water partition coefficient (Wildman–Crippen LogP) is 2.28. The Bertz CT molecular complexity index is 810. The molecule has 0 radical (unpaired) electrons. The van der Waals surface area contributed by atoms with Gasteiger partial charge in [-0.2, -0.15) is 5.26 Å². The topological polar surface area (TPSA) is 82.4 Å². The first-order chi connectivity index (χ1) is 12.5. The van der Waals surface area contributed by atoms with E-state index in [0.717, 1.165) is 11.3 Å². The number of amides is 2. The van der Waals surface area contributed by atoms with Crippen LogP contribution in [0.3, 0.4) is 0 Å². The fraction of sp³-hybridized carbons (Fsp3) is 0.250. The third kappa shape index (κ3) is 5.08. The van der Waals surface area contributed by atoms with Gasteiger partial charge in [0.15, 0.2) is 0 Å². The molecular weight excluding hydrogens is 330 g/mol. The van der Waals surface area contributed by atoms with Gasteiger partial charge in [-0.05, 0) is 29.8 Å². The van der Waals surface area contributed by atoms with Gasteiger partial charge in [-0.1, -0.05) is 24.3 Å². The second-order valence-corrected chi connectivity index (χ2v) is 5.67. The lowest BCUT2D eigenvalue weighted by molar-refractivity contribution is -0.121. The van der Waals surface area contributed by atoms with Crippen LogP contribution < -0.4 is 15.0 Å². The summed E-state index contributed by atoms with van der Waals surface area (Å²) >= 11 is 0. The molecule has 2 rings (SSSR count). The third-order valence-electron chi connectivity index (χ3n) is 3.88. The summed E-state index contributed by atoms with van der Waals surface area (Å²) in [6.45, 7) is 2.03. The van der Waals surface area contributed by atoms with Crippen LogP contribution in [0.4, 0.5) is 5.69 Å². The van der Waals surface area contributed by atoms with E-state index in [9.17, 15) is 14.9 Å². The smallest absolute Gasteiger partial charge is 0.224 e. The van der Waals surface area contributed by atoms with Gasteiger partial charge in [0.1, 0.15) is 11.8 Å². The van der Waals surface area contributed by atoms with Crippen LogP contribution in [-0.4, -0.2) is 32.0 Å². The van der Waals surface area contributed by atoms with E-state index in [-0.39, 0.29) is 18.2 Å². The van der Waals surface area contributed by atoms with Crippen LogP contribution in [0.25, 0.3) is 0 Å². The number of rotatable bonds is 7. The molecule has 0 aliphatic carbocycles. The van der Waals surface area contributed by atoms with Crippen molar-refractivity contribution in [3.8, 4) is 11.8 Å². The van der Waals surface area contributed by atoms with Crippen LogP contribution in [0.2, 0.25) is 0 Å². The first-order valence-corrected chi connectivity index (χ1v) is 8.22. The maximum atomic E-state index is 12.1. The van der Waals surface area contributed by atoms with Crippen molar-refractivity contribution >= 4 is 17.5 Å². The first kappa shape index (κ1) is 19.0. The van der Waals surface area contributed by atoms with Gasteiger partial charge in [0, 0.05) is 20.0 Å². The molecule has 0 atom stereocenters. The van der Waals surface area contributed by atoms with E-state index in [1.807, 2.05) is 12.1 Å². The Hall–Kier alpha value is -3.33. The summed E-state index contributed by atoms with van der Waals surface area (Å²) in [5, 5.41) is 12.0. The SMILES string of the molecule is COc1ccc(CC(=O)NCCN(C(C)=O)c2ccccc2C#N)cc1. The van der Waals surface area contributed by atoms with E-state index in [1.54, 1.807) is 43.5 Å². The molecule has 2 aromatic rings. The zero-order valence-electron chi connectivity index (χ0n) is 14.9. The molecule has 0 aliphatic heterocycles. The van der Waals surface area contributed by atoms with Crippen LogP contribution in [0, 0.1) is 11.3 Å². The summed E-state index contributed by atoms with van der Waals surface area (Å²) in [5.41, 5.74) is 1.85. The average molecular weight is 351 g/mol. The molecule has 1 N–H and O–H groups in total. The molecule has 2 amide bonds. The van der Waals surface area contributed by atoms with E-state index >= 15 is 0 Å². The molecule has 0 aliphatic rings.